The fraction of sp³-hybridized carbons (Fsp3) is 0.494. The van der Waals surface area contributed by atoms with E-state index in [2.05, 4.69) is 65.0 Å². The molecule has 0 radical (unpaired) electrons. The van der Waals surface area contributed by atoms with Crippen molar-refractivity contribution in [3.63, 3.8) is 0 Å². The fourth-order valence-electron chi connectivity index (χ4n) is 13.1. The Morgan fingerprint density at radius 1 is 0.390 bits per heavy atom. The van der Waals surface area contributed by atoms with Gasteiger partial charge in [-0.15, -0.1) is 90.7 Å². The van der Waals surface area contributed by atoms with Crippen molar-refractivity contribution in [2.24, 2.45) is 0 Å². The van der Waals surface area contributed by atoms with Gasteiger partial charge in [0.25, 0.3) is 0 Å². The van der Waals surface area contributed by atoms with Crippen LogP contribution in [0.25, 0.3) is 89.8 Å². The lowest BCUT2D eigenvalue weighted by Gasteiger charge is -2.14. The molecule has 100 heavy (non-hydrogen) atoms. The van der Waals surface area contributed by atoms with E-state index < -0.39 is 17.6 Å². The summed E-state index contributed by atoms with van der Waals surface area (Å²) in [5.41, 5.74) is 0.427. The highest BCUT2D eigenvalue weighted by Gasteiger charge is 2.31. The molecule has 11 aromatic rings. The van der Waals surface area contributed by atoms with Gasteiger partial charge in [-0.25, -0.2) is 13.6 Å². The summed E-state index contributed by atoms with van der Waals surface area (Å²) >= 11 is 12.7. The van der Waals surface area contributed by atoms with E-state index in [1.54, 1.807) is 75.7 Å². The maximum absolute atomic E-state index is 16.7. The summed E-state index contributed by atoms with van der Waals surface area (Å²) in [6.45, 7) is 17.5. The van der Waals surface area contributed by atoms with Gasteiger partial charge in [-0.2, -0.15) is 0 Å². The Balaban J connectivity index is 1.05. The van der Waals surface area contributed by atoms with Gasteiger partial charge in [0.1, 0.15) is 33.7 Å². The van der Waals surface area contributed by atoms with E-state index in [4.69, 9.17) is 28.4 Å². The molecule has 536 valence electrons. The highest BCUT2D eigenvalue weighted by molar-refractivity contribution is 7.35. The quantitative estimate of drug-likeness (QED) is 0.0210. The Morgan fingerprint density at radius 3 is 1.30 bits per heavy atom. The average molecular weight is 1510 g/mol. The van der Waals surface area contributed by atoms with Crippen molar-refractivity contribution in [3.8, 4) is 52.3 Å². The number of fused-ring (bicyclic) bond motifs is 6. The highest BCUT2D eigenvalue weighted by Crippen LogP contribution is 2.59. The van der Waals surface area contributed by atoms with E-state index in [0.717, 1.165) is 183 Å². The summed E-state index contributed by atoms with van der Waals surface area (Å²) < 4.78 is 76.0. The lowest BCUT2D eigenvalue weighted by atomic mass is 10.1. The number of rotatable bonds is 44. The van der Waals surface area contributed by atoms with Crippen LogP contribution in [0.15, 0.2) is 54.6 Å². The topological polar surface area (TPSA) is 107 Å². The van der Waals surface area contributed by atoms with Crippen LogP contribution in [0.1, 0.15) is 243 Å². The molecule has 8 heterocycles. The van der Waals surface area contributed by atoms with E-state index in [-0.39, 0.29) is 29.7 Å². The molecule has 0 aliphatic rings. The minimum Gasteiger partial charge on any atom is -0.491 e. The van der Waals surface area contributed by atoms with Crippen molar-refractivity contribution >= 4 is 169 Å². The number of unbranched alkanes of at least 4 members (excludes halogenated alkanes) is 21. The molecular weight excluding hydrogens is 1410 g/mol. The molecule has 0 bridgehead atoms. The molecule has 11 rings (SSSR count). The molecular formula is C81H96F2O9S8. The van der Waals surface area contributed by atoms with Crippen molar-refractivity contribution < 1.29 is 51.6 Å². The molecule has 0 spiro atoms. The summed E-state index contributed by atoms with van der Waals surface area (Å²) in [7, 11) is 0. The standard InChI is InChI=1S/C81H96F2O9S8/c1-8-13-17-21-25-30-40-88-67-54-45-50(6)93-72(54)68(89-41-31-26-22-18-14-9-2)56-47-61(97-73(56)67)77-76-58(49-59(95-76)66(85)52-36-38-53(82)39-37-52)71(99-77)60-46-55-69(90-42-32-27-23-19-15-10-3)75-57(70(74(55)96-60)91-43-33-28-24-20-16-11-4)48-62(98-75)78-79-64(51(7)94-78)65(83)80(100-79)81(86)92-44-34-29-35-63(84)87-12-5/h36-39,45-49H,8-35,40-44H2,1-7H3. The van der Waals surface area contributed by atoms with Gasteiger partial charge in [0.2, 0.25) is 5.78 Å². The Morgan fingerprint density at radius 2 is 0.820 bits per heavy atom. The molecule has 9 nitrogen and oxygen atoms in total. The molecule has 0 amide bonds. The van der Waals surface area contributed by atoms with Gasteiger partial charge < -0.3 is 28.4 Å². The van der Waals surface area contributed by atoms with Crippen molar-refractivity contribution in [1.82, 2.24) is 0 Å². The van der Waals surface area contributed by atoms with Crippen LogP contribution in [-0.2, 0) is 14.3 Å². The van der Waals surface area contributed by atoms with Gasteiger partial charge >= 0.3 is 11.9 Å². The number of ether oxygens (including phenoxy) is 6. The number of benzene rings is 3. The third kappa shape index (κ3) is 18.0. The fourth-order valence-corrected chi connectivity index (χ4v) is 23.1. The van der Waals surface area contributed by atoms with Crippen molar-refractivity contribution in [1.29, 1.82) is 0 Å². The summed E-state index contributed by atoms with van der Waals surface area (Å²) in [6, 6.07) is 17.0. The zero-order valence-corrected chi connectivity index (χ0v) is 65.8. The van der Waals surface area contributed by atoms with Crippen LogP contribution in [0.5, 0.6) is 23.0 Å². The molecule has 0 saturated carbocycles. The largest absolute Gasteiger partial charge is 0.491 e. The molecule has 0 atom stereocenters. The molecule has 8 aromatic heterocycles. The van der Waals surface area contributed by atoms with Gasteiger partial charge in [-0.3, -0.25) is 9.59 Å². The number of halogens is 2. The van der Waals surface area contributed by atoms with Crippen LogP contribution in [0.2, 0.25) is 0 Å². The monoisotopic (exact) mass is 1510 g/mol. The maximum Gasteiger partial charge on any atom is 0.351 e. The molecule has 0 aliphatic heterocycles. The van der Waals surface area contributed by atoms with Gasteiger partial charge in [-0.1, -0.05) is 156 Å². The van der Waals surface area contributed by atoms with Crippen LogP contribution >= 0.6 is 90.7 Å². The lowest BCUT2D eigenvalue weighted by Crippen LogP contribution is -2.08. The third-order valence-corrected chi connectivity index (χ3v) is 28.3. The third-order valence-electron chi connectivity index (χ3n) is 18.4. The molecule has 0 unspecified atom stereocenters. The van der Waals surface area contributed by atoms with Gasteiger partial charge in [-0.05, 0) is 114 Å². The summed E-state index contributed by atoms with van der Waals surface area (Å²) in [4.78, 5) is 48.8. The highest BCUT2D eigenvalue weighted by atomic mass is 32.1. The molecule has 0 aliphatic carbocycles. The first-order valence-corrected chi connectivity index (χ1v) is 43.3. The SMILES string of the molecule is CCCCCCCCOc1c2cc(-c3sc(-c4cc5c(OCCCCCCCC)c6sc(-c7sc(C)c8c(F)c(C(=O)OCCCCC(=O)OCC)sc78)cc6c(OCCCCCCCC)c5s4)c4cc(C(=O)c5ccc(F)cc5)sc34)sc2c(OCCCCCCCC)c2cc(C)sc12. The van der Waals surface area contributed by atoms with Crippen LogP contribution in [0, 0.1) is 25.5 Å². The number of ketones is 1. The van der Waals surface area contributed by atoms with Crippen LogP contribution in [0.3, 0.4) is 0 Å². The number of hydrogen-bond acceptors (Lipinski definition) is 17. The smallest absolute Gasteiger partial charge is 0.351 e. The number of esters is 2. The first-order valence-electron chi connectivity index (χ1n) is 36.8. The number of carbonyl (C=O) groups excluding carboxylic acids is 3. The molecule has 19 heteroatoms. The molecule has 0 saturated heterocycles. The van der Waals surface area contributed by atoms with Gasteiger partial charge in [0.05, 0.1) is 87.3 Å². The Kier molecular flexibility index (Phi) is 28.2. The Hall–Kier alpha value is -5.51. The zero-order chi connectivity index (χ0) is 70.1. The van der Waals surface area contributed by atoms with Crippen LogP contribution < -0.4 is 18.9 Å². The Bertz CT molecular complexity index is 4380. The molecule has 0 fully saturated rings. The second-order valence-corrected chi connectivity index (χ2v) is 35.0. The minimum absolute atomic E-state index is 0.0617. The number of hydrogen-bond donors (Lipinski definition) is 0. The maximum atomic E-state index is 16.7. The summed E-state index contributed by atoms with van der Waals surface area (Å²) in [6.07, 6.45) is 28.4. The van der Waals surface area contributed by atoms with Crippen LogP contribution in [0.4, 0.5) is 8.78 Å². The summed E-state index contributed by atoms with van der Waals surface area (Å²) in [5, 5.41) is 5.41. The van der Waals surface area contributed by atoms with E-state index in [1.165, 1.54) is 130 Å². The van der Waals surface area contributed by atoms with E-state index >= 15 is 4.39 Å². The normalized spacial score (nSPS) is 11.9. The molecule has 3 aromatic carbocycles. The summed E-state index contributed by atoms with van der Waals surface area (Å²) in [5.74, 6) is 1.26. The second kappa shape index (κ2) is 37.3. The van der Waals surface area contributed by atoms with Crippen molar-refractivity contribution in [3.05, 3.63) is 91.3 Å². The second-order valence-electron chi connectivity index (χ2n) is 26.2. The Labute approximate surface area is 620 Å². The predicted octanol–water partition coefficient (Wildman–Crippen LogP) is 28.1. The predicted molar refractivity (Wildman–Crippen MR) is 426 cm³/mol. The van der Waals surface area contributed by atoms with E-state index in [0.29, 0.717) is 66.4 Å². The number of thiophene rings is 8. The first-order chi connectivity index (χ1) is 48.8. The lowest BCUT2D eigenvalue weighted by molar-refractivity contribution is -0.143. The van der Waals surface area contributed by atoms with Crippen molar-refractivity contribution in [2.45, 2.75) is 222 Å². The zero-order valence-electron chi connectivity index (χ0n) is 59.2. The van der Waals surface area contributed by atoms with Crippen molar-refractivity contribution in [2.75, 3.05) is 39.6 Å². The first kappa shape index (κ1) is 75.6. The van der Waals surface area contributed by atoms with Gasteiger partial charge in [0.15, 0.2) is 5.82 Å². The van der Waals surface area contributed by atoms with E-state index in [9.17, 15) is 18.8 Å². The minimum atomic E-state index is -0.712. The van der Waals surface area contributed by atoms with E-state index in [1.807, 2.05) is 6.92 Å². The number of carbonyl (C=O) groups is 3. The van der Waals surface area contributed by atoms with Crippen LogP contribution in [-0.4, -0.2) is 57.4 Å². The molecule has 0 N–H and O–H groups in total. The number of aryl methyl sites for hydroxylation is 2. The van der Waals surface area contributed by atoms with Gasteiger partial charge in [0, 0.05) is 68.7 Å². The average Bonchev–Trinajstić information content (AvgIpc) is 1.57.